The number of nitrogens with one attached hydrogen (secondary N) is 1. The Balaban J connectivity index is 1.16. The van der Waals surface area contributed by atoms with Gasteiger partial charge in [0.15, 0.2) is 5.69 Å². The van der Waals surface area contributed by atoms with Gasteiger partial charge in [-0.25, -0.2) is 4.39 Å². The Bertz CT molecular complexity index is 1060. The summed E-state index contributed by atoms with van der Waals surface area (Å²) in [5, 5.41) is 9.08. The number of aromatic amines is 1. The van der Waals surface area contributed by atoms with Crippen molar-refractivity contribution in [2.24, 2.45) is 5.92 Å². The van der Waals surface area contributed by atoms with Crippen molar-refractivity contribution in [1.29, 1.82) is 0 Å². The lowest BCUT2D eigenvalue weighted by atomic mass is 10.1. The third kappa shape index (κ3) is 3.63. The van der Waals surface area contributed by atoms with E-state index in [2.05, 4.69) is 10.2 Å². The highest BCUT2D eigenvalue weighted by Crippen LogP contribution is 2.48. The van der Waals surface area contributed by atoms with Crippen LogP contribution in [0.15, 0.2) is 47.8 Å². The van der Waals surface area contributed by atoms with Gasteiger partial charge in [0.05, 0.1) is 10.6 Å². The van der Waals surface area contributed by atoms with E-state index in [0.717, 1.165) is 22.6 Å². The fourth-order valence-electron chi connectivity index (χ4n) is 4.06. The maximum Gasteiger partial charge on any atom is 0.274 e. The first kappa shape index (κ1) is 19.0. The Morgan fingerprint density at radius 3 is 2.50 bits per heavy atom. The Morgan fingerprint density at radius 2 is 1.80 bits per heavy atom. The van der Waals surface area contributed by atoms with Crippen LogP contribution in [0.3, 0.4) is 0 Å². The van der Waals surface area contributed by atoms with Gasteiger partial charge in [-0.1, -0.05) is 18.2 Å². The third-order valence-corrected chi connectivity index (χ3v) is 6.77. The molecule has 6 nitrogen and oxygen atoms in total. The van der Waals surface area contributed by atoms with Crippen molar-refractivity contribution in [3.05, 3.63) is 64.9 Å². The van der Waals surface area contributed by atoms with Gasteiger partial charge in [-0.2, -0.15) is 5.10 Å². The highest BCUT2D eigenvalue weighted by molar-refractivity contribution is 7.13. The number of piperazine rings is 1. The van der Waals surface area contributed by atoms with E-state index in [-0.39, 0.29) is 29.5 Å². The number of nitrogens with zero attached hydrogens (tertiary/aromatic N) is 3. The lowest BCUT2D eigenvalue weighted by Crippen LogP contribution is -2.51. The molecule has 2 amide bonds. The SMILES string of the molecule is O=C(c1cc(-c2cccs2)[nH]n1)N1CCN(C(=O)[C@H]2C[C@H]2c2ccc(F)cc2)CC1. The standard InChI is InChI=1S/C22H21FN4O2S/c23-15-5-3-14(4-6-15)16-12-17(16)21(28)26-7-9-27(10-8-26)22(29)19-13-18(24-25-19)20-2-1-11-30-20/h1-6,11,13,16-17H,7-10,12H2,(H,24,25)/t16-,17-/m0/s1. The number of benzene rings is 1. The van der Waals surface area contributed by atoms with E-state index < -0.39 is 0 Å². The van der Waals surface area contributed by atoms with E-state index in [1.807, 2.05) is 22.4 Å². The molecule has 0 radical (unpaired) electrons. The molecule has 0 unspecified atom stereocenters. The summed E-state index contributed by atoms with van der Waals surface area (Å²) in [5.74, 6) is -0.0923. The monoisotopic (exact) mass is 424 g/mol. The summed E-state index contributed by atoms with van der Waals surface area (Å²) in [6.07, 6.45) is 0.808. The summed E-state index contributed by atoms with van der Waals surface area (Å²) in [6.45, 7) is 2.05. The van der Waals surface area contributed by atoms with Gasteiger partial charge in [0.2, 0.25) is 5.91 Å². The molecular weight excluding hydrogens is 403 g/mol. The first-order valence-electron chi connectivity index (χ1n) is 10.0. The second kappa shape index (κ2) is 7.68. The van der Waals surface area contributed by atoms with Gasteiger partial charge in [0, 0.05) is 32.1 Å². The average molecular weight is 425 g/mol. The van der Waals surface area contributed by atoms with Crippen LogP contribution in [0.2, 0.25) is 0 Å². The molecular formula is C22H21FN4O2S. The van der Waals surface area contributed by atoms with Crippen LogP contribution in [0.25, 0.3) is 10.6 Å². The molecule has 1 saturated carbocycles. The lowest BCUT2D eigenvalue weighted by Gasteiger charge is -2.34. The van der Waals surface area contributed by atoms with Crippen LogP contribution in [-0.4, -0.2) is 58.0 Å². The van der Waals surface area contributed by atoms with E-state index >= 15 is 0 Å². The number of hydrogen-bond donors (Lipinski definition) is 1. The van der Waals surface area contributed by atoms with Crippen molar-refractivity contribution in [1.82, 2.24) is 20.0 Å². The molecule has 2 aromatic heterocycles. The van der Waals surface area contributed by atoms with E-state index in [1.165, 1.54) is 12.1 Å². The molecule has 1 N–H and O–H groups in total. The number of rotatable bonds is 4. The van der Waals surface area contributed by atoms with Crippen LogP contribution in [0.4, 0.5) is 4.39 Å². The van der Waals surface area contributed by atoms with Crippen LogP contribution in [0.5, 0.6) is 0 Å². The fraction of sp³-hybridized carbons (Fsp3) is 0.318. The van der Waals surface area contributed by atoms with Gasteiger partial charge in [-0.05, 0) is 47.5 Å². The summed E-state index contributed by atoms with van der Waals surface area (Å²) in [5.41, 5.74) is 2.25. The van der Waals surface area contributed by atoms with Crippen LogP contribution in [-0.2, 0) is 4.79 Å². The molecule has 2 aliphatic rings. The van der Waals surface area contributed by atoms with Crippen LogP contribution in [0.1, 0.15) is 28.4 Å². The van der Waals surface area contributed by atoms with Crippen LogP contribution >= 0.6 is 11.3 Å². The predicted molar refractivity (Wildman–Crippen MR) is 112 cm³/mol. The maximum atomic E-state index is 13.1. The Morgan fingerprint density at radius 1 is 1.07 bits per heavy atom. The van der Waals surface area contributed by atoms with Crippen LogP contribution in [0, 0.1) is 11.7 Å². The largest absolute Gasteiger partial charge is 0.339 e. The van der Waals surface area contributed by atoms with Gasteiger partial charge >= 0.3 is 0 Å². The van der Waals surface area contributed by atoms with Crippen molar-refractivity contribution in [2.45, 2.75) is 12.3 Å². The fourth-order valence-corrected chi connectivity index (χ4v) is 4.75. The molecule has 30 heavy (non-hydrogen) atoms. The number of thiophene rings is 1. The summed E-state index contributed by atoms with van der Waals surface area (Å²) in [7, 11) is 0. The molecule has 1 aliphatic heterocycles. The molecule has 1 saturated heterocycles. The van der Waals surface area contributed by atoms with E-state index in [1.54, 1.807) is 34.4 Å². The number of halogens is 1. The third-order valence-electron chi connectivity index (χ3n) is 5.87. The molecule has 1 aliphatic carbocycles. The highest BCUT2D eigenvalue weighted by atomic mass is 32.1. The van der Waals surface area contributed by atoms with Crippen LogP contribution < -0.4 is 0 Å². The molecule has 154 valence electrons. The van der Waals surface area contributed by atoms with Crippen molar-refractivity contribution < 1.29 is 14.0 Å². The first-order chi connectivity index (χ1) is 14.6. The number of H-pyrrole nitrogens is 1. The number of amides is 2. The minimum atomic E-state index is -0.262. The van der Waals surface area contributed by atoms with Crippen molar-refractivity contribution in [3.8, 4) is 10.6 Å². The maximum absolute atomic E-state index is 13.1. The predicted octanol–water partition coefficient (Wildman–Crippen LogP) is 3.37. The van der Waals surface area contributed by atoms with Gasteiger partial charge in [0.25, 0.3) is 5.91 Å². The summed E-state index contributed by atoms with van der Waals surface area (Å²) < 4.78 is 13.1. The summed E-state index contributed by atoms with van der Waals surface area (Å²) in [6, 6.07) is 12.1. The Hall–Kier alpha value is -3.00. The number of aromatic nitrogens is 2. The molecule has 3 aromatic rings. The smallest absolute Gasteiger partial charge is 0.274 e. The lowest BCUT2D eigenvalue weighted by molar-refractivity contribution is -0.134. The van der Waals surface area contributed by atoms with E-state index in [9.17, 15) is 14.0 Å². The van der Waals surface area contributed by atoms with E-state index in [4.69, 9.17) is 0 Å². The molecule has 5 rings (SSSR count). The molecule has 0 bridgehead atoms. The van der Waals surface area contributed by atoms with Gasteiger partial charge in [-0.15, -0.1) is 11.3 Å². The summed E-state index contributed by atoms with van der Waals surface area (Å²) in [4.78, 5) is 30.2. The molecule has 3 heterocycles. The molecule has 2 fully saturated rings. The quantitative estimate of drug-likeness (QED) is 0.698. The number of carbonyl (C=O) groups excluding carboxylic acids is 2. The van der Waals surface area contributed by atoms with E-state index in [0.29, 0.717) is 31.9 Å². The highest BCUT2D eigenvalue weighted by Gasteiger charge is 2.46. The van der Waals surface area contributed by atoms with Crippen molar-refractivity contribution in [3.63, 3.8) is 0 Å². The van der Waals surface area contributed by atoms with Gasteiger partial charge in [0.1, 0.15) is 5.82 Å². The van der Waals surface area contributed by atoms with Gasteiger partial charge in [-0.3, -0.25) is 14.7 Å². The number of carbonyl (C=O) groups is 2. The molecule has 2 atom stereocenters. The summed E-state index contributed by atoms with van der Waals surface area (Å²) >= 11 is 1.59. The topological polar surface area (TPSA) is 69.3 Å². The average Bonchev–Trinajstić information content (AvgIpc) is 3.16. The minimum absolute atomic E-state index is 0.0302. The molecule has 8 heteroatoms. The Kier molecular flexibility index (Phi) is 4.86. The minimum Gasteiger partial charge on any atom is -0.339 e. The normalized spacial score (nSPS) is 21.0. The first-order valence-corrected chi connectivity index (χ1v) is 10.9. The van der Waals surface area contributed by atoms with Gasteiger partial charge < -0.3 is 9.80 Å². The zero-order chi connectivity index (χ0) is 20.7. The Labute approximate surface area is 177 Å². The second-order valence-electron chi connectivity index (χ2n) is 7.76. The number of hydrogen-bond acceptors (Lipinski definition) is 4. The molecule has 0 spiro atoms. The second-order valence-corrected chi connectivity index (χ2v) is 8.71. The zero-order valence-corrected chi connectivity index (χ0v) is 17.1. The van der Waals surface area contributed by atoms with Crippen molar-refractivity contribution >= 4 is 23.2 Å². The van der Waals surface area contributed by atoms with Crippen molar-refractivity contribution in [2.75, 3.05) is 26.2 Å². The molecule has 1 aromatic carbocycles. The zero-order valence-electron chi connectivity index (χ0n) is 16.3.